The number of rotatable bonds is 0. The number of aryl methyl sites for hydroxylation is 2. The molecule has 0 radical (unpaired) electrons. The number of benzene rings is 3. The Kier molecular flexibility index (Phi) is 8.55. The summed E-state index contributed by atoms with van der Waals surface area (Å²) in [5.74, 6) is 0.804. The van der Waals surface area contributed by atoms with Crippen LogP contribution < -0.4 is 0 Å². The van der Waals surface area contributed by atoms with Crippen LogP contribution in [0.1, 0.15) is 103 Å². The van der Waals surface area contributed by atoms with E-state index in [1.807, 2.05) is 30.1 Å². The van der Waals surface area contributed by atoms with Crippen LogP contribution in [0, 0.1) is 6.92 Å². The van der Waals surface area contributed by atoms with Gasteiger partial charge < -0.3 is 8.98 Å². The van der Waals surface area contributed by atoms with Crippen LogP contribution in [0.2, 0.25) is 0 Å². The molecule has 1 aliphatic rings. The van der Waals surface area contributed by atoms with Gasteiger partial charge in [0.25, 0.3) is 0 Å². The van der Waals surface area contributed by atoms with Crippen molar-refractivity contribution in [2.45, 2.75) is 99.0 Å². The smallest absolute Gasteiger partial charge is 0.200 e. The molecule has 3 heterocycles. The fourth-order valence-corrected chi connectivity index (χ4v) is 4.76. The molecule has 42 heavy (non-hydrogen) atoms. The molecule has 0 fully saturated rings. The Morgan fingerprint density at radius 1 is 0.714 bits per heavy atom. The van der Waals surface area contributed by atoms with Gasteiger partial charge in [0, 0.05) is 23.7 Å². The molecule has 0 spiro atoms. The highest BCUT2D eigenvalue weighted by atomic mass is 16.3. The summed E-state index contributed by atoms with van der Waals surface area (Å²) in [6, 6.07) is 19.3. The first-order valence-corrected chi connectivity index (χ1v) is 14.9. The van der Waals surface area contributed by atoms with Crippen LogP contribution in [0.3, 0.4) is 0 Å². The summed E-state index contributed by atoms with van der Waals surface area (Å²) in [6.45, 7) is 24.7. The maximum Gasteiger partial charge on any atom is 0.200 e. The van der Waals surface area contributed by atoms with E-state index in [2.05, 4.69) is 134 Å². The first-order chi connectivity index (χ1) is 19.4. The van der Waals surface area contributed by atoms with Gasteiger partial charge in [0.2, 0.25) is 5.89 Å². The number of hydrogen-bond donors (Lipinski definition) is 0. The van der Waals surface area contributed by atoms with E-state index in [9.17, 15) is 0 Å². The van der Waals surface area contributed by atoms with Crippen molar-refractivity contribution in [3.8, 4) is 0 Å². The predicted molar refractivity (Wildman–Crippen MR) is 178 cm³/mol. The average Bonchev–Trinajstić information content (AvgIpc) is 3.60. The molecule has 0 amide bonds. The minimum Gasteiger partial charge on any atom is -0.440 e. The number of nitrogens with zero attached hydrogens (tertiary/aromatic N) is 4. The van der Waals surface area contributed by atoms with Crippen molar-refractivity contribution in [1.29, 1.82) is 0 Å². The van der Waals surface area contributed by atoms with Crippen molar-refractivity contribution in [3.05, 3.63) is 94.6 Å². The molecule has 1 aliphatic heterocycles. The normalized spacial score (nSPS) is 13.3. The molecule has 5 aromatic rings. The summed E-state index contributed by atoms with van der Waals surface area (Å²) in [5, 5.41) is 0. The molecule has 5 nitrogen and oxygen atoms in total. The molecule has 0 saturated heterocycles. The summed E-state index contributed by atoms with van der Waals surface area (Å²) in [4.78, 5) is 13.3. The van der Waals surface area contributed by atoms with Crippen LogP contribution in [0.5, 0.6) is 0 Å². The Labute approximate surface area is 252 Å². The lowest BCUT2D eigenvalue weighted by Crippen LogP contribution is -2.12. The molecule has 222 valence electrons. The number of aliphatic imine (C=N–C) groups is 1. The maximum absolute atomic E-state index is 5.70. The number of aromatic nitrogens is 3. The van der Waals surface area contributed by atoms with Gasteiger partial charge >= 0.3 is 0 Å². The van der Waals surface area contributed by atoms with Gasteiger partial charge in [-0.3, -0.25) is 4.99 Å². The molecule has 0 aliphatic carbocycles. The molecule has 0 bridgehead atoms. The molecular formula is C37H48N4O. The van der Waals surface area contributed by atoms with Crippen LogP contribution in [0.15, 0.2) is 70.3 Å². The third kappa shape index (κ3) is 7.18. The van der Waals surface area contributed by atoms with Crippen LogP contribution in [0.4, 0.5) is 0 Å². The second kappa shape index (κ2) is 11.5. The van der Waals surface area contributed by atoms with E-state index in [1.165, 1.54) is 39.0 Å². The van der Waals surface area contributed by atoms with Crippen molar-refractivity contribution in [3.63, 3.8) is 0 Å². The largest absolute Gasteiger partial charge is 0.440 e. The second-order valence-electron chi connectivity index (χ2n) is 14.6. The number of hydrogen-bond acceptors (Lipinski definition) is 4. The lowest BCUT2D eigenvalue weighted by molar-refractivity contribution is 0.411. The van der Waals surface area contributed by atoms with E-state index in [4.69, 9.17) is 4.42 Å². The van der Waals surface area contributed by atoms with E-state index in [0.717, 1.165) is 29.1 Å². The van der Waals surface area contributed by atoms with Gasteiger partial charge in [-0.2, -0.15) is 0 Å². The molecule has 2 aromatic heterocycles. The lowest BCUT2D eigenvalue weighted by atomic mass is 9.85. The van der Waals surface area contributed by atoms with Crippen molar-refractivity contribution < 1.29 is 4.42 Å². The van der Waals surface area contributed by atoms with Gasteiger partial charge in [0.05, 0.1) is 23.9 Å². The first-order valence-electron chi connectivity index (χ1n) is 14.9. The Hall–Kier alpha value is -3.73. The van der Waals surface area contributed by atoms with Crippen LogP contribution in [0.25, 0.3) is 22.1 Å². The number of oxazole rings is 1. The Bertz CT molecular complexity index is 1720. The van der Waals surface area contributed by atoms with Gasteiger partial charge in [-0.25, -0.2) is 9.97 Å². The Balaban J connectivity index is 0.000000145. The quantitative estimate of drug-likeness (QED) is 0.188. The molecule has 0 atom stereocenters. The SMILES string of the molecule is CC1=NCc2ccc(C(C)(C)C)cc21.Cc1ccc2nc(C(C)(C)C)oc2c1.Cn1cnc2cc(C(C)(C)C)ccc21. The second-order valence-corrected chi connectivity index (χ2v) is 14.6. The molecule has 0 unspecified atom stereocenters. The third-order valence-electron chi connectivity index (χ3n) is 7.63. The Morgan fingerprint density at radius 2 is 1.36 bits per heavy atom. The summed E-state index contributed by atoms with van der Waals surface area (Å²) in [6.07, 6.45) is 1.86. The summed E-state index contributed by atoms with van der Waals surface area (Å²) >= 11 is 0. The van der Waals surface area contributed by atoms with Crippen molar-refractivity contribution in [2.75, 3.05) is 0 Å². The first kappa shape index (κ1) is 31.2. The van der Waals surface area contributed by atoms with Gasteiger partial charge in [0.15, 0.2) is 5.58 Å². The maximum atomic E-state index is 5.70. The minimum absolute atomic E-state index is 0.0209. The highest BCUT2D eigenvalue weighted by Gasteiger charge is 2.21. The zero-order chi connectivity index (χ0) is 31.0. The predicted octanol–water partition coefficient (Wildman–Crippen LogP) is 9.61. The number of fused-ring (bicyclic) bond motifs is 3. The minimum atomic E-state index is -0.0209. The lowest BCUT2D eigenvalue weighted by Gasteiger charge is -2.19. The summed E-state index contributed by atoms with van der Waals surface area (Å²) in [7, 11) is 2.02. The topological polar surface area (TPSA) is 56.2 Å². The highest BCUT2D eigenvalue weighted by molar-refractivity contribution is 6.02. The molecule has 0 saturated carbocycles. The molecule has 6 rings (SSSR count). The summed E-state index contributed by atoms with van der Waals surface area (Å²) < 4.78 is 7.75. The van der Waals surface area contributed by atoms with Crippen LogP contribution in [-0.4, -0.2) is 20.2 Å². The Morgan fingerprint density at radius 3 is 2.00 bits per heavy atom. The van der Waals surface area contributed by atoms with E-state index in [1.54, 1.807) is 0 Å². The van der Waals surface area contributed by atoms with Gasteiger partial charge in [-0.15, -0.1) is 0 Å². The van der Waals surface area contributed by atoms with Gasteiger partial charge in [-0.05, 0) is 77.3 Å². The van der Waals surface area contributed by atoms with E-state index in [0.29, 0.717) is 0 Å². The van der Waals surface area contributed by atoms with Gasteiger partial charge in [-0.1, -0.05) is 86.6 Å². The molecule has 5 heteroatoms. The molecule has 3 aromatic carbocycles. The standard InChI is InChI=1S/C13H17N.C12H16N2.C12H15NO/c1-9-12-7-11(13(2,3)4)6-5-10(12)8-14-9;1-12(2,3)9-5-6-11-10(7-9)13-8-14(11)4;1-8-5-6-9-10(7-8)14-11(13-9)12(2,3)4/h5-7H,8H2,1-4H3;5-8H,1-4H3;5-7H,1-4H3. The van der Waals surface area contributed by atoms with Crippen molar-refractivity contribution in [2.24, 2.45) is 12.0 Å². The molecule has 0 N–H and O–H groups in total. The third-order valence-corrected chi connectivity index (χ3v) is 7.63. The van der Waals surface area contributed by atoms with Crippen LogP contribution in [-0.2, 0) is 29.8 Å². The van der Waals surface area contributed by atoms with E-state index >= 15 is 0 Å². The van der Waals surface area contributed by atoms with Crippen molar-refractivity contribution >= 4 is 27.8 Å². The van der Waals surface area contributed by atoms with Crippen molar-refractivity contribution in [1.82, 2.24) is 14.5 Å². The fraction of sp³-hybridized carbons (Fsp3) is 0.432. The fourth-order valence-electron chi connectivity index (χ4n) is 4.76. The zero-order valence-corrected chi connectivity index (χ0v) is 27.7. The summed E-state index contributed by atoms with van der Waals surface area (Å²) in [5.41, 5.74) is 12.4. The van der Waals surface area contributed by atoms with E-state index < -0.39 is 0 Å². The van der Waals surface area contributed by atoms with E-state index in [-0.39, 0.29) is 16.2 Å². The van der Waals surface area contributed by atoms with Crippen LogP contribution >= 0.6 is 0 Å². The highest BCUT2D eigenvalue weighted by Crippen LogP contribution is 2.28. The number of imidazole rings is 1. The zero-order valence-electron chi connectivity index (χ0n) is 27.7. The molecular weight excluding hydrogens is 516 g/mol. The monoisotopic (exact) mass is 564 g/mol. The van der Waals surface area contributed by atoms with Gasteiger partial charge in [0.1, 0.15) is 5.52 Å². The average molecular weight is 565 g/mol.